The van der Waals surface area contributed by atoms with Crippen LogP contribution in [0.5, 0.6) is 5.75 Å². The quantitative estimate of drug-likeness (QED) is 0.532. The van der Waals surface area contributed by atoms with Gasteiger partial charge >= 0.3 is 6.03 Å². The molecule has 1 saturated heterocycles. The number of amides is 3. The predicted octanol–water partition coefficient (Wildman–Crippen LogP) is 2.82. The van der Waals surface area contributed by atoms with Crippen molar-refractivity contribution in [2.24, 2.45) is 5.92 Å². The summed E-state index contributed by atoms with van der Waals surface area (Å²) in [5.74, 6) is 0.373. The van der Waals surface area contributed by atoms with Crippen LogP contribution in [0.2, 0.25) is 0 Å². The molecular formula is C24H37N3O4. The number of nitrogens with one attached hydrogen (secondary N) is 2. The number of hydrogen-bond acceptors (Lipinski definition) is 5. The van der Waals surface area contributed by atoms with Crippen molar-refractivity contribution in [1.82, 2.24) is 15.5 Å². The number of phenolic OH excluding ortho intramolecular Hbond substituents is 1. The lowest BCUT2D eigenvalue weighted by molar-refractivity contribution is -0.151. The molecule has 3 atom stereocenters. The van der Waals surface area contributed by atoms with Crippen LogP contribution >= 0.6 is 0 Å². The Labute approximate surface area is 185 Å². The monoisotopic (exact) mass is 431 g/mol. The first-order chi connectivity index (χ1) is 14.7. The molecule has 1 aliphatic heterocycles. The van der Waals surface area contributed by atoms with Crippen LogP contribution in [-0.2, 0) is 10.2 Å². The molecule has 2 aliphatic rings. The summed E-state index contributed by atoms with van der Waals surface area (Å²) in [4.78, 5) is 27.1. The summed E-state index contributed by atoms with van der Waals surface area (Å²) in [5, 5.41) is 27.4. The van der Waals surface area contributed by atoms with Gasteiger partial charge in [0.1, 0.15) is 5.75 Å². The molecule has 172 valence electrons. The zero-order chi connectivity index (χ0) is 22.8. The molecule has 3 amide bonds. The largest absolute Gasteiger partial charge is 0.508 e. The Hall–Kier alpha value is -2.12. The second kappa shape index (κ2) is 9.17. The van der Waals surface area contributed by atoms with Crippen molar-refractivity contribution in [3.05, 3.63) is 29.3 Å². The molecule has 2 fully saturated rings. The van der Waals surface area contributed by atoms with Gasteiger partial charge in [0.25, 0.3) is 0 Å². The minimum Gasteiger partial charge on any atom is -0.508 e. The zero-order valence-electron chi connectivity index (χ0n) is 19.2. The molecule has 7 nitrogen and oxygen atoms in total. The van der Waals surface area contributed by atoms with Crippen LogP contribution in [0.15, 0.2) is 18.2 Å². The highest BCUT2D eigenvalue weighted by Crippen LogP contribution is 2.52. The molecule has 1 aromatic rings. The molecule has 0 spiro atoms. The van der Waals surface area contributed by atoms with Crippen LogP contribution < -0.4 is 10.6 Å². The normalized spacial score (nSPS) is 28.9. The fourth-order valence-corrected chi connectivity index (χ4v) is 5.49. The van der Waals surface area contributed by atoms with E-state index in [4.69, 9.17) is 0 Å². The predicted molar refractivity (Wildman–Crippen MR) is 120 cm³/mol. The molecule has 4 N–H and O–H groups in total. The maximum absolute atomic E-state index is 13.0. The summed E-state index contributed by atoms with van der Waals surface area (Å²) in [7, 11) is 1.46. The second-order valence-electron chi connectivity index (χ2n) is 9.42. The number of rotatable bonds is 7. The fourth-order valence-electron chi connectivity index (χ4n) is 5.49. The summed E-state index contributed by atoms with van der Waals surface area (Å²) in [6, 6.07) is 4.42. The average Bonchev–Trinajstić information content (AvgIpc) is 3.54. The first kappa shape index (κ1) is 23.5. The van der Waals surface area contributed by atoms with Gasteiger partial charge in [0.15, 0.2) is 0 Å². The Bertz CT molecular complexity index is 825. The SMILES string of the molecule is CCCC1(O)C(C)N(CC2CC2)CCC1(CC(=O)NC(=O)NC)c1cc(O)ccc1C. The third-order valence-electron chi connectivity index (χ3n) is 7.39. The van der Waals surface area contributed by atoms with E-state index in [0.717, 1.165) is 30.6 Å². The van der Waals surface area contributed by atoms with Crippen molar-refractivity contribution in [3.63, 3.8) is 0 Å². The third-order valence-corrected chi connectivity index (χ3v) is 7.39. The molecule has 7 heteroatoms. The van der Waals surface area contributed by atoms with E-state index in [1.807, 2.05) is 19.9 Å². The number of carbonyl (C=O) groups is 2. The maximum Gasteiger partial charge on any atom is 0.321 e. The molecule has 3 unspecified atom stereocenters. The van der Waals surface area contributed by atoms with Crippen molar-refractivity contribution in [2.75, 3.05) is 20.1 Å². The summed E-state index contributed by atoms with van der Waals surface area (Å²) < 4.78 is 0. The Morgan fingerprint density at radius 2 is 2.00 bits per heavy atom. The number of aromatic hydroxyl groups is 1. The van der Waals surface area contributed by atoms with Gasteiger partial charge in [0, 0.05) is 31.5 Å². The third kappa shape index (κ3) is 4.58. The minimum absolute atomic E-state index is 0.0250. The van der Waals surface area contributed by atoms with Gasteiger partial charge in [-0.3, -0.25) is 15.0 Å². The van der Waals surface area contributed by atoms with E-state index in [1.165, 1.54) is 19.9 Å². The van der Waals surface area contributed by atoms with Gasteiger partial charge in [-0.1, -0.05) is 19.4 Å². The Kier molecular flexibility index (Phi) is 6.96. The number of urea groups is 1. The minimum atomic E-state index is -1.19. The molecule has 1 aliphatic carbocycles. The number of likely N-dealkylation sites (tertiary alicyclic amines) is 1. The van der Waals surface area contributed by atoms with Gasteiger partial charge in [-0.2, -0.15) is 0 Å². The van der Waals surface area contributed by atoms with Crippen LogP contribution in [0.4, 0.5) is 4.79 Å². The van der Waals surface area contributed by atoms with E-state index in [9.17, 15) is 19.8 Å². The van der Waals surface area contributed by atoms with Crippen molar-refractivity contribution in [2.45, 2.75) is 76.4 Å². The van der Waals surface area contributed by atoms with Crippen LogP contribution in [0.25, 0.3) is 0 Å². The van der Waals surface area contributed by atoms with Crippen molar-refractivity contribution < 1.29 is 19.8 Å². The molecule has 3 rings (SSSR count). The van der Waals surface area contributed by atoms with E-state index >= 15 is 0 Å². The van der Waals surface area contributed by atoms with E-state index in [-0.39, 0.29) is 18.2 Å². The average molecular weight is 432 g/mol. The number of nitrogens with zero attached hydrogens (tertiary/aromatic N) is 1. The van der Waals surface area contributed by atoms with E-state index in [1.54, 1.807) is 12.1 Å². The molecule has 1 heterocycles. The van der Waals surface area contributed by atoms with Gasteiger partial charge in [-0.05, 0) is 75.3 Å². The van der Waals surface area contributed by atoms with Gasteiger partial charge in [-0.25, -0.2) is 4.79 Å². The van der Waals surface area contributed by atoms with Crippen molar-refractivity contribution in [3.8, 4) is 5.75 Å². The summed E-state index contributed by atoms with van der Waals surface area (Å²) in [6.07, 6.45) is 4.31. The Balaban J connectivity index is 2.09. The highest BCUT2D eigenvalue weighted by Gasteiger charge is 2.59. The number of aryl methyl sites for hydroxylation is 1. The lowest BCUT2D eigenvalue weighted by Crippen LogP contribution is -2.69. The van der Waals surface area contributed by atoms with Gasteiger partial charge in [0.2, 0.25) is 5.91 Å². The number of hydrogen-bond donors (Lipinski definition) is 4. The first-order valence-corrected chi connectivity index (χ1v) is 11.4. The van der Waals surface area contributed by atoms with E-state index in [2.05, 4.69) is 22.5 Å². The van der Waals surface area contributed by atoms with Gasteiger partial charge in [0.05, 0.1) is 5.60 Å². The smallest absolute Gasteiger partial charge is 0.321 e. The number of carbonyl (C=O) groups excluding carboxylic acids is 2. The lowest BCUT2D eigenvalue weighted by atomic mass is 9.56. The van der Waals surface area contributed by atoms with Gasteiger partial charge < -0.3 is 15.5 Å². The highest BCUT2D eigenvalue weighted by atomic mass is 16.3. The number of imide groups is 1. The molecule has 1 saturated carbocycles. The molecular weight excluding hydrogens is 394 g/mol. The van der Waals surface area contributed by atoms with Crippen molar-refractivity contribution in [1.29, 1.82) is 0 Å². The molecule has 1 aromatic carbocycles. The molecule has 31 heavy (non-hydrogen) atoms. The molecule has 0 radical (unpaired) electrons. The number of phenols is 1. The van der Waals surface area contributed by atoms with E-state index in [0.29, 0.717) is 18.8 Å². The maximum atomic E-state index is 13.0. The topological polar surface area (TPSA) is 102 Å². The highest BCUT2D eigenvalue weighted by molar-refractivity contribution is 5.94. The van der Waals surface area contributed by atoms with Crippen LogP contribution in [0.1, 0.15) is 63.5 Å². The number of benzene rings is 1. The van der Waals surface area contributed by atoms with Crippen LogP contribution in [0, 0.1) is 12.8 Å². The van der Waals surface area contributed by atoms with Crippen LogP contribution in [-0.4, -0.2) is 58.8 Å². The lowest BCUT2D eigenvalue weighted by Gasteiger charge is -2.58. The summed E-state index contributed by atoms with van der Waals surface area (Å²) in [5.41, 5.74) is -0.395. The second-order valence-corrected chi connectivity index (χ2v) is 9.42. The molecule has 0 bridgehead atoms. The summed E-state index contributed by atoms with van der Waals surface area (Å²) in [6.45, 7) is 7.76. The zero-order valence-corrected chi connectivity index (χ0v) is 19.2. The number of aliphatic hydroxyl groups is 1. The van der Waals surface area contributed by atoms with E-state index < -0.39 is 23.0 Å². The van der Waals surface area contributed by atoms with Crippen LogP contribution in [0.3, 0.4) is 0 Å². The standard InChI is InChI=1S/C24H37N3O4/c1-5-10-24(31)17(3)27(15-18-7-8-18)12-11-23(24,14-21(29)26-22(30)25-4)20-13-19(28)9-6-16(20)2/h6,9,13,17-18,28,31H,5,7-8,10-12,14-15H2,1-4H3,(H2,25,26,29,30). The first-order valence-electron chi connectivity index (χ1n) is 11.4. The molecule has 0 aromatic heterocycles. The van der Waals surface area contributed by atoms with Crippen molar-refractivity contribution >= 4 is 11.9 Å². The summed E-state index contributed by atoms with van der Waals surface area (Å²) >= 11 is 0. The Morgan fingerprint density at radius 1 is 1.29 bits per heavy atom. The fraction of sp³-hybridized carbons (Fsp3) is 0.667. The Morgan fingerprint density at radius 3 is 2.61 bits per heavy atom. The number of piperidine rings is 1. The van der Waals surface area contributed by atoms with Gasteiger partial charge in [-0.15, -0.1) is 0 Å².